The Morgan fingerprint density at radius 2 is 2.00 bits per heavy atom. The molecule has 124 valence electrons. The zero-order valence-corrected chi connectivity index (χ0v) is 13.3. The molecule has 0 aliphatic carbocycles. The Balaban J connectivity index is 1.45. The molecule has 24 heavy (non-hydrogen) atoms. The van der Waals surface area contributed by atoms with Crippen LogP contribution in [0.1, 0.15) is 20.0 Å². The molecule has 0 saturated carbocycles. The fraction of sp³-hybridized carbons (Fsp3) is 0.188. The van der Waals surface area contributed by atoms with Crippen LogP contribution < -0.4 is 14.8 Å². The van der Waals surface area contributed by atoms with Gasteiger partial charge in [0, 0.05) is 5.56 Å². The van der Waals surface area contributed by atoms with E-state index >= 15 is 0 Å². The topological polar surface area (TPSA) is 90.9 Å². The highest BCUT2D eigenvalue weighted by Crippen LogP contribution is 2.32. The molecule has 0 radical (unpaired) electrons. The van der Waals surface area contributed by atoms with Crippen molar-refractivity contribution in [1.82, 2.24) is 5.32 Å². The number of carbonyl (C=O) groups is 3. The van der Waals surface area contributed by atoms with Crippen LogP contribution >= 0.6 is 11.3 Å². The van der Waals surface area contributed by atoms with Gasteiger partial charge in [0.25, 0.3) is 5.91 Å². The maximum absolute atomic E-state index is 12.0. The molecule has 1 N–H and O–H groups in total. The summed E-state index contributed by atoms with van der Waals surface area (Å²) in [5.74, 6) is -0.362. The second-order valence-corrected chi connectivity index (χ2v) is 5.76. The molecule has 3 rings (SSSR count). The Kier molecular flexibility index (Phi) is 4.76. The molecule has 2 aromatic rings. The number of amides is 1. The first kappa shape index (κ1) is 16.0. The van der Waals surface area contributed by atoms with Gasteiger partial charge in [0.15, 0.2) is 23.9 Å². The van der Waals surface area contributed by atoms with Crippen LogP contribution in [0.25, 0.3) is 0 Å². The molecule has 1 aliphatic heterocycles. The zero-order chi connectivity index (χ0) is 16.9. The predicted octanol–water partition coefficient (Wildman–Crippen LogP) is 1.63. The lowest BCUT2D eigenvalue weighted by Gasteiger charge is -2.06. The molecule has 1 aromatic carbocycles. The van der Waals surface area contributed by atoms with E-state index in [1.807, 2.05) is 0 Å². The lowest BCUT2D eigenvalue weighted by molar-refractivity contribution is -0.141. The molecule has 0 atom stereocenters. The predicted molar refractivity (Wildman–Crippen MR) is 84.5 cm³/mol. The van der Waals surface area contributed by atoms with Gasteiger partial charge in [0.2, 0.25) is 6.79 Å². The first-order valence-electron chi connectivity index (χ1n) is 7.03. The lowest BCUT2D eigenvalue weighted by Crippen LogP contribution is -2.31. The van der Waals surface area contributed by atoms with Gasteiger partial charge in [-0.15, -0.1) is 11.3 Å². The van der Waals surface area contributed by atoms with Crippen LogP contribution in [-0.4, -0.2) is 37.6 Å². The number of carbonyl (C=O) groups excluding carboxylic acids is 3. The van der Waals surface area contributed by atoms with E-state index in [2.05, 4.69) is 5.32 Å². The molecule has 8 heteroatoms. The van der Waals surface area contributed by atoms with Crippen molar-refractivity contribution in [3.8, 4) is 11.5 Å². The summed E-state index contributed by atoms with van der Waals surface area (Å²) in [4.78, 5) is 35.8. The van der Waals surface area contributed by atoms with Crippen LogP contribution in [0.15, 0.2) is 35.7 Å². The molecule has 0 fully saturated rings. The molecular weight excluding hydrogens is 334 g/mol. The van der Waals surface area contributed by atoms with Crippen molar-refractivity contribution >= 4 is 29.0 Å². The molecular formula is C16H13NO6S. The van der Waals surface area contributed by atoms with Gasteiger partial charge in [-0.3, -0.25) is 14.4 Å². The summed E-state index contributed by atoms with van der Waals surface area (Å²) in [5, 5.41) is 4.19. The Labute approximate surface area is 141 Å². The fourth-order valence-corrected chi connectivity index (χ4v) is 2.64. The van der Waals surface area contributed by atoms with Crippen LogP contribution in [0.3, 0.4) is 0 Å². The summed E-state index contributed by atoms with van der Waals surface area (Å²) in [6.07, 6.45) is 0. The van der Waals surface area contributed by atoms with Crippen LogP contribution in [-0.2, 0) is 9.53 Å². The fourth-order valence-electron chi connectivity index (χ4n) is 2.00. The number of hydrogen-bond acceptors (Lipinski definition) is 7. The van der Waals surface area contributed by atoms with Crippen LogP contribution in [0.2, 0.25) is 0 Å². The zero-order valence-electron chi connectivity index (χ0n) is 12.4. The van der Waals surface area contributed by atoms with Crippen molar-refractivity contribution in [3.63, 3.8) is 0 Å². The van der Waals surface area contributed by atoms with Gasteiger partial charge in [-0.2, -0.15) is 0 Å². The maximum atomic E-state index is 12.0. The van der Waals surface area contributed by atoms with E-state index in [0.717, 1.165) is 0 Å². The minimum atomic E-state index is -0.686. The van der Waals surface area contributed by atoms with E-state index in [-0.39, 0.29) is 25.0 Å². The van der Waals surface area contributed by atoms with Gasteiger partial charge >= 0.3 is 5.97 Å². The van der Waals surface area contributed by atoms with E-state index in [9.17, 15) is 14.4 Å². The number of hydrogen-bond donors (Lipinski definition) is 1. The number of rotatable bonds is 6. The van der Waals surface area contributed by atoms with Crippen LogP contribution in [0, 0.1) is 0 Å². The lowest BCUT2D eigenvalue weighted by atomic mass is 10.1. The minimum Gasteiger partial charge on any atom is -0.456 e. The molecule has 1 aromatic heterocycles. The molecule has 0 bridgehead atoms. The second kappa shape index (κ2) is 7.14. The normalized spacial score (nSPS) is 11.8. The van der Waals surface area contributed by atoms with Crippen molar-refractivity contribution in [1.29, 1.82) is 0 Å². The highest BCUT2D eigenvalue weighted by Gasteiger charge is 2.17. The summed E-state index contributed by atoms with van der Waals surface area (Å²) in [7, 11) is 0. The third-order valence-electron chi connectivity index (χ3n) is 3.20. The quantitative estimate of drug-likeness (QED) is 0.631. The second-order valence-electron chi connectivity index (χ2n) is 4.81. The van der Waals surface area contributed by atoms with Gasteiger partial charge in [0.1, 0.15) is 6.54 Å². The average Bonchev–Trinajstić information content (AvgIpc) is 3.27. The summed E-state index contributed by atoms with van der Waals surface area (Å²) in [5.41, 5.74) is 0.356. The Morgan fingerprint density at radius 1 is 1.17 bits per heavy atom. The van der Waals surface area contributed by atoms with Crippen molar-refractivity contribution in [2.45, 2.75) is 0 Å². The average molecular weight is 347 g/mol. The maximum Gasteiger partial charge on any atom is 0.325 e. The van der Waals surface area contributed by atoms with Crippen molar-refractivity contribution in [3.05, 3.63) is 46.2 Å². The Hall–Kier alpha value is -2.87. The third-order valence-corrected chi connectivity index (χ3v) is 4.07. The van der Waals surface area contributed by atoms with Gasteiger partial charge in [-0.05, 0) is 29.6 Å². The largest absolute Gasteiger partial charge is 0.456 e. The first-order chi connectivity index (χ1) is 11.6. The van der Waals surface area contributed by atoms with Gasteiger partial charge in [-0.25, -0.2) is 0 Å². The molecule has 2 heterocycles. The number of ketones is 1. The third kappa shape index (κ3) is 3.72. The first-order valence-corrected chi connectivity index (χ1v) is 7.91. The summed E-state index contributed by atoms with van der Waals surface area (Å²) in [6, 6.07) is 8.12. The van der Waals surface area contributed by atoms with Crippen molar-refractivity contribution < 1.29 is 28.6 Å². The smallest absolute Gasteiger partial charge is 0.325 e. The van der Waals surface area contributed by atoms with Crippen LogP contribution in [0.5, 0.6) is 11.5 Å². The number of ether oxygens (including phenoxy) is 3. The van der Waals surface area contributed by atoms with E-state index in [1.165, 1.54) is 17.4 Å². The van der Waals surface area contributed by atoms with E-state index in [1.54, 1.807) is 29.6 Å². The monoisotopic (exact) mass is 347 g/mol. The molecule has 1 amide bonds. The summed E-state index contributed by atoms with van der Waals surface area (Å²) in [6.45, 7) is -0.593. The number of Topliss-reactive ketones (excluding diaryl/α,β-unsaturated/α-hetero) is 1. The molecule has 0 spiro atoms. The van der Waals surface area contributed by atoms with E-state index in [0.29, 0.717) is 21.9 Å². The van der Waals surface area contributed by atoms with Gasteiger partial charge in [0.05, 0.1) is 4.88 Å². The summed E-state index contributed by atoms with van der Waals surface area (Å²) >= 11 is 1.27. The summed E-state index contributed by atoms with van der Waals surface area (Å²) < 4.78 is 15.2. The van der Waals surface area contributed by atoms with Gasteiger partial charge < -0.3 is 19.5 Å². The van der Waals surface area contributed by atoms with Crippen molar-refractivity contribution in [2.75, 3.05) is 19.9 Å². The van der Waals surface area contributed by atoms with Crippen LogP contribution in [0.4, 0.5) is 0 Å². The van der Waals surface area contributed by atoms with Crippen molar-refractivity contribution in [2.24, 2.45) is 0 Å². The molecule has 0 unspecified atom stereocenters. The number of benzene rings is 1. The Bertz CT molecular complexity index is 771. The molecule has 1 aliphatic rings. The number of thiophene rings is 1. The molecule has 7 nitrogen and oxygen atoms in total. The number of nitrogens with one attached hydrogen (secondary N) is 1. The van der Waals surface area contributed by atoms with E-state index < -0.39 is 12.6 Å². The SMILES string of the molecule is O=C(CNC(=O)c1cccs1)OCC(=O)c1ccc2c(c1)OCO2. The number of esters is 1. The molecule has 0 saturated heterocycles. The standard InChI is InChI=1S/C16H13NO6S/c18-11(10-3-4-12-13(6-10)23-9-22-12)8-21-15(19)7-17-16(20)14-2-1-5-24-14/h1-6H,7-9H2,(H,17,20). The highest BCUT2D eigenvalue weighted by atomic mass is 32.1. The van der Waals surface area contributed by atoms with Gasteiger partial charge in [-0.1, -0.05) is 6.07 Å². The van der Waals surface area contributed by atoms with E-state index in [4.69, 9.17) is 14.2 Å². The Morgan fingerprint density at radius 3 is 2.79 bits per heavy atom. The number of fused-ring (bicyclic) bond motifs is 1. The minimum absolute atomic E-state index is 0.117. The highest BCUT2D eigenvalue weighted by molar-refractivity contribution is 7.12.